The van der Waals surface area contributed by atoms with Gasteiger partial charge in [0.25, 0.3) is 5.91 Å². The Balaban J connectivity index is 1.43. The summed E-state index contributed by atoms with van der Waals surface area (Å²) in [7, 11) is 0. The molecule has 0 aliphatic carbocycles. The van der Waals surface area contributed by atoms with Crippen molar-refractivity contribution in [1.29, 1.82) is 0 Å². The first-order valence-corrected chi connectivity index (χ1v) is 8.58. The minimum Gasteiger partial charge on any atom is -0.457 e. The number of hydrogen-bond donors (Lipinski definition) is 1. The molecule has 25 heavy (non-hydrogen) atoms. The predicted octanol–water partition coefficient (Wildman–Crippen LogP) is 3.07. The molecule has 5 nitrogen and oxygen atoms in total. The van der Waals surface area contributed by atoms with Gasteiger partial charge in [-0.15, -0.1) is 0 Å². The van der Waals surface area contributed by atoms with E-state index in [-0.39, 0.29) is 24.2 Å². The Morgan fingerprint density at radius 1 is 1.12 bits per heavy atom. The molecule has 0 saturated carbocycles. The Morgan fingerprint density at radius 2 is 1.96 bits per heavy atom. The second kappa shape index (κ2) is 6.86. The molecule has 3 unspecified atom stereocenters. The molecule has 2 aromatic carbocycles. The van der Waals surface area contributed by atoms with Crippen LogP contribution < -0.4 is 10.1 Å². The third-order valence-electron chi connectivity index (χ3n) is 4.63. The summed E-state index contributed by atoms with van der Waals surface area (Å²) in [5.74, 6) is 1.24. The number of fused-ring (bicyclic) bond motifs is 1. The second-order valence-electron chi connectivity index (χ2n) is 6.52. The molecule has 2 aliphatic heterocycles. The van der Waals surface area contributed by atoms with Crippen LogP contribution in [0.25, 0.3) is 0 Å². The number of ether oxygens (including phenoxy) is 3. The summed E-state index contributed by atoms with van der Waals surface area (Å²) >= 11 is 0. The molecule has 2 fully saturated rings. The van der Waals surface area contributed by atoms with Gasteiger partial charge in [-0.1, -0.05) is 23.8 Å². The molecule has 0 bridgehead atoms. The molecule has 1 amide bonds. The van der Waals surface area contributed by atoms with Crippen LogP contribution in [0.2, 0.25) is 0 Å². The van der Waals surface area contributed by atoms with Gasteiger partial charge in [0.2, 0.25) is 0 Å². The molecule has 5 heteroatoms. The third kappa shape index (κ3) is 3.52. The van der Waals surface area contributed by atoms with E-state index >= 15 is 0 Å². The van der Waals surface area contributed by atoms with Crippen molar-refractivity contribution < 1.29 is 19.0 Å². The molecule has 1 N–H and O–H groups in total. The molecule has 130 valence electrons. The topological polar surface area (TPSA) is 56.8 Å². The lowest BCUT2D eigenvalue weighted by Crippen LogP contribution is -2.43. The highest BCUT2D eigenvalue weighted by Gasteiger charge is 2.42. The number of hydrogen-bond acceptors (Lipinski definition) is 4. The van der Waals surface area contributed by atoms with Crippen LogP contribution >= 0.6 is 0 Å². The van der Waals surface area contributed by atoms with Crippen molar-refractivity contribution in [3.63, 3.8) is 0 Å². The Kier molecular flexibility index (Phi) is 4.42. The van der Waals surface area contributed by atoms with E-state index in [9.17, 15) is 4.79 Å². The van der Waals surface area contributed by atoms with Crippen molar-refractivity contribution in [2.24, 2.45) is 0 Å². The molecule has 2 saturated heterocycles. The van der Waals surface area contributed by atoms with Gasteiger partial charge >= 0.3 is 0 Å². The Morgan fingerprint density at radius 3 is 2.80 bits per heavy atom. The first-order chi connectivity index (χ1) is 12.2. The number of nitrogens with one attached hydrogen (secondary N) is 1. The average molecular weight is 339 g/mol. The maximum Gasteiger partial charge on any atom is 0.251 e. The van der Waals surface area contributed by atoms with E-state index in [0.717, 1.165) is 12.2 Å². The van der Waals surface area contributed by atoms with E-state index in [2.05, 4.69) is 5.32 Å². The summed E-state index contributed by atoms with van der Waals surface area (Å²) in [6.07, 6.45) is 0.981. The van der Waals surface area contributed by atoms with Crippen LogP contribution in [0.4, 0.5) is 0 Å². The number of rotatable bonds is 4. The minimum absolute atomic E-state index is 0.0315. The van der Waals surface area contributed by atoms with Crippen molar-refractivity contribution in [3.8, 4) is 11.5 Å². The highest BCUT2D eigenvalue weighted by Crippen LogP contribution is 2.27. The monoisotopic (exact) mass is 339 g/mol. The molecule has 2 aromatic rings. The average Bonchev–Trinajstić information content (AvgIpc) is 3.22. The van der Waals surface area contributed by atoms with Gasteiger partial charge in [0.05, 0.1) is 18.8 Å². The van der Waals surface area contributed by atoms with Crippen molar-refractivity contribution in [2.45, 2.75) is 31.6 Å². The van der Waals surface area contributed by atoms with Crippen molar-refractivity contribution in [2.75, 3.05) is 13.2 Å². The summed E-state index contributed by atoms with van der Waals surface area (Å²) in [5.41, 5.74) is 1.73. The molecule has 0 radical (unpaired) electrons. The lowest BCUT2D eigenvalue weighted by Gasteiger charge is -2.17. The molecular weight excluding hydrogens is 318 g/mol. The fourth-order valence-electron chi connectivity index (χ4n) is 3.29. The fourth-order valence-corrected chi connectivity index (χ4v) is 3.29. The molecule has 0 spiro atoms. The van der Waals surface area contributed by atoms with E-state index in [1.807, 2.05) is 43.3 Å². The smallest absolute Gasteiger partial charge is 0.251 e. The standard InChI is InChI=1S/C20H21NO4/c1-13-5-7-15(8-6-13)25-16-4-2-3-14(11-16)20(22)21-17-12-24-18-9-10-23-19(17)18/h2-8,11,17-19H,9-10,12H2,1H3,(H,21,22). The first-order valence-electron chi connectivity index (χ1n) is 8.58. The zero-order valence-electron chi connectivity index (χ0n) is 14.1. The van der Waals surface area contributed by atoms with Gasteiger partial charge in [0.15, 0.2) is 0 Å². The largest absolute Gasteiger partial charge is 0.457 e. The van der Waals surface area contributed by atoms with Crippen LogP contribution in [-0.4, -0.2) is 37.4 Å². The number of carbonyl (C=O) groups excluding carboxylic acids is 1. The second-order valence-corrected chi connectivity index (χ2v) is 6.52. The van der Waals surface area contributed by atoms with Crippen LogP contribution in [0.15, 0.2) is 48.5 Å². The first kappa shape index (κ1) is 16.1. The molecule has 2 aliphatic rings. The summed E-state index contributed by atoms with van der Waals surface area (Å²) < 4.78 is 17.2. The van der Waals surface area contributed by atoms with Crippen molar-refractivity contribution >= 4 is 5.91 Å². The maximum atomic E-state index is 12.6. The number of aryl methyl sites for hydroxylation is 1. The number of carbonyl (C=O) groups is 1. The summed E-state index contributed by atoms with van der Waals surface area (Å²) in [6, 6.07) is 14.9. The summed E-state index contributed by atoms with van der Waals surface area (Å²) in [4.78, 5) is 12.6. The molecule has 3 atom stereocenters. The Hall–Kier alpha value is -2.37. The molecule has 4 rings (SSSR count). The van der Waals surface area contributed by atoms with E-state index in [1.165, 1.54) is 5.56 Å². The van der Waals surface area contributed by atoms with Gasteiger partial charge in [0.1, 0.15) is 17.6 Å². The Labute approximate surface area is 146 Å². The highest BCUT2D eigenvalue weighted by atomic mass is 16.6. The predicted molar refractivity (Wildman–Crippen MR) is 93.0 cm³/mol. The summed E-state index contributed by atoms with van der Waals surface area (Å²) in [5, 5.41) is 3.02. The van der Waals surface area contributed by atoms with Crippen molar-refractivity contribution in [3.05, 3.63) is 59.7 Å². The normalized spacial score (nSPS) is 24.8. The van der Waals surface area contributed by atoms with Gasteiger partial charge in [-0.25, -0.2) is 0 Å². The minimum atomic E-state index is -0.140. The lowest BCUT2D eigenvalue weighted by molar-refractivity contribution is 0.0656. The molecule has 2 heterocycles. The van der Waals surface area contributed by atoms with Crippen molar-refractivity contribution in [1.82, 2.24) is 5.32 Å². The van der Waals surface area contributed by atoms with Crippen LogP contribution in [0.1, 0.15) is 22.3 Å². The number of amides is 1. The van der Waals surface area contributed by atoms with Crippen LogP contribution in [0, 0.1) is 6.92 Å². The molecule has 0 aromatic heterocycles. The van der Waals surface area contributed by atoms with E-state index in [1.54, 1.807) is 12.1 Å². The summed E-state index contributed by atoms with van der Waals surface area (Å²) in [6.45, 7) is 3.22. The highest BCUT2D eigenvalue weighted by molar-refractivity contribution is 5.94. The van der Waals surface area contributed by atoms with E-state index < -0.39 is 0 Å². The quantitative estimate of drug-likeness (QED) is 0.930. The van der Waals surface area contributed by atoms with Gasteiger partial charge < -0.3 is 19.5 Å². The molecular formula is C20H21NO4. The van der Waals surface area contributed by atoms with Crippen LogP contribution in [-0.2, 0) is 9.47 Å². The van der Waals surface area contributed by atoms with Gasteiger partial charge in [-0.2, -0.15) is 0 Å². The van der Waals surface area contributed by atoms with E-state index in [0.29, 0.717) is 24.5 Å². The van der Waals surface area contributed by atoms with Gasteiger partial charge in [-0.3, -0.25) is 4.79 Å². The van der Waals surface area contributed by atoms with Crippen LogP contribution in [0.3, 0.4) is 0 Å². The zero-order chi connectivity index (χ0) is 17.2. The SMILES string of the molecule is Cc1ccc(Oc2cccc(C(=O)NC3COC4CCOC34)c2)cc1. The fraction of sp³-hybridized carbons (Fsp3) is 0.350. The third-order valence-corrected chi connectivity index (χ3v) is 4.63. The van der Waals surface area contributed by atoms with Gasteiger partial charge in [0, 0.05) is 12.2 Å². The van der Waals surface area contributed by atoms with Gasteiger partial charge in [-0.05, 0) is 43.7 Å². The number of benzene rings is 2. The van der Waals surface area contributed by atoms with Crippen LogP contribution in [0.5, 0.6) is 11.5 Å². The zero-order valence-corrected chi connectivity index (χ0v) is 14.1. The Bertz CT molecular complexity index is 759. The lowest BCUT2D eigenvalue weighted by atomic mass is 10.1. The maximum absolute atomic E-state index is 12.6. The van der Waals surface area contributed by atoms with E-state index in [4.69, 9.17) is 14.2 Å².